The van der Waals surface area contributed by atoms with Crippen molar-refractivity contribution in [2.24, 2.45) is 5.92 Å². The fourth-order valence-corrected chi connectivity index (χ4v) is 9.42. The van der Waals surface area contributed by atoms with Gasteiger partial charge in [0, 0.05) is 24.0 Å². The number of methoxy groups -OCH3 is 1. The van der Waals surface area contributed by atoms with Gasteiger partial charge in [0.05, 0.1) is 35.1 Å². The highest BCUT2D eigenvalue weighted by Crippen LogP contribution is 2.49. The van der Waals surface area contributed by atoms with E-state index in [1.807, 2.05) is 6.08 Å². The Balaban J connectivity index is 1.24. The first-order valence-corrected chi connectivity index (χ1v) is 21.1. The van der Waals surface area contributed by atoms with Gasteiger partial charge in [-0.3, -0.25) is 19.1 Å². The van der Waals surface area contributed by atoms with Gasteiger partial charge in [-0.25, -0.2) is 23.2 Å². The number of amides is 4. The van der Waals surface area contributed by atoms with Crippen LogP contribution in [-0.2, 0) is 35.6 Å². The van der Waals surface area contributed by atoms with Gasteiger partial charge in [-0.1, -0.05) is 25.0 Å². The smallest absolute Gasteiger partial charge is 0.427 e. The molecule has 5 atom stereocenters. The quantitative estimate of drug-likeness (QED) is 0.349. The second-order valence-electron chi connectivity index (χ2n) is 17.0. The van der Waals surface area contributed by atoms with Crippen LogP contribution in [0.4, 0.5) is 18.0 Å². The van der Waals surface area contributed by atoms with E-state index in [4.69, 9.17) is 14.2 Å². The number of alkyl carbamates (subject to hydrolysis) is 1. The molecule has 3 aliphatic heterocycles. The van der Waals surface area contributed by atoms with Crippen molar-refractivity contribution < 1.29 is 55.0 Å². The van der Waals surface area contributed by atoms with E-state index in [9.17, 15) is 40.8 Å². The van der Waals surface area contributed by atoms with Crippen molar-refractivity contribution in [2.45, 2.75) is 138 Å². The molecule has 0 bridgehead atoms. The highest BCUT2D eigenvalue weighted by Gasteiger charge is 2.64. The Kier molecular flexibility index (Phi) is 10.4. The molecule has 5 heterocycles. The van der Waals surface area contributed by atoms with Crippen LogP contribution in [0.1, 0.15) is 96.2 Å². The van der Waals surface area contributed by atoms with Crippen molar-refractivity contribution in [3.05, 3.63) is 35.5 Å². The molecule has 1 spiro atoms. The molecule has 19 heteroatoms. The van der Waals surface area contributed by atoms with Crippen LogP contribution < -0.4 is 24.8 Å². The lowest BCUT2D eigenvalue weighted by atomic mass is 9.88. The second kappa shape index (κ2) is 14.5. The Morgan fingerprint density at radius 2 is 1.81 bits per heavy atom. The van der Waals surface area contributed by atoms with E-state index in [-0.39, 0.29) is 25.8 Å². The summed E-state index contributed by atoms with van der Waals surface area (Å²) in [6.45, 7) is 4.53. The molecule has 7 rings (SSSR count). The van der Waals surface area contributed by atoms with E-state index < -0.39 is 79.5 Å². The number of nitrogens with one attached hydrogen (secondary N) is 3. The van der Waals surface area contributed by atoms with Crippen molar-refractivity contribution in [3.63, 3.8) is 0 Å². The van der Waals surface area contributed by atoms with Crippen molar-refractivity contribution in [1.29, 1.82) is 0 Å². The van der Waals surface area contributed by atoms with E-state index in [0.717, 1.165) is 5.56 Å². The Hall–Kier alpha value is -4.68. The standard InChI is InChI=1S/C39H49F3N6O9S/c1-22-30-24(29-25(43-22)13-14-28(45-29)55-5)15-16-37(56-30)20-27-31(49)46-38(33(51)47-58(53,54)36(4)17-18-36)19-23(38)11-9-7-6-8-10-12-26(32(50)48(27)21-37)44-34(52)57-35(2,3)39(40,41)42/h9,11,13-14,23,26-27H,6-8,10,12,15-21H2,1-5H3,(H,44,52)(H,46,49)(H,47,51)/b11-9-/t23-,26+,27+,37-,38-/m1/s1. The summed E-state index contributed by atoms with van der Waals surface area (Å²) in [4.78, 5) is 66.8. The number of nitrogens with zero attached hydrogens (tertiary/aromatic N) is 3. The number of ether oxygens (including phenoxy) is 3. The summed E-state index contributed by atoms with van der Waals surface area (Å²) in [7, 11) is -2.58. The predicted octanol–water partition coefficient (Wildman–Crippen LogP) is 4.44. The number of carbonyl (C=O) groups is 4. The summed E-state index contributed by atoms with van der Waals surface area (Å²) in [5.41, 5.74) is -3.20. The minimum absolute atomic E-state index is 0.0275. The molecule has 2 aromatic rings. The predicted molar refractivity (Wildman–Crippen MR) is 202 cm³/mol. The van der Waals surface area contributed by atoms with Gasteiger partial charge >= 0.3 is 12.3 Å². The summed E-state index contributed by atoms with van der Waals surface area (Å²) in [5.74, 6) is -2.13. The van der Waals surface area contributed by atoms with E-state index in [1.165, 1.54) is 12.0 Å². The molecule has 3 N–H and O–H groups in total. The molecular weight excluding hydrogens is 786 g/mol. The first-order valence-electron chi connectivity index (χ1n) is 19.6. The Labute approximate surface area is 334 Å². The zero-order valence-corrected chi connectivity index (χ0v) is 33.9. The number of rotatable bonds is 6. The van der Waals surface area contributed by atoms with Gasteiger partial charge in [-0.05, 0) is 85.1 Å². The highest BCUT2D eigenvalue weighted by atomic mass is 32.2. The molecule has 2 aromatic heterocycles. The molecule has 5 aliphatic rings. The largest absolute Gasteiger partial charge is 0.483 e. The third kappa shape index (κ3) is 7.65. The lowest BCUT2D eigenvalue weighted by molar-refractivity contribution is -0.244. The maximum absolute atomic E-state index is 14.7. The molecule has 3 fully saturated rings. The van der Waals surface area contributed by atoms with Gasteiger partial charge in [0.2, 0.25) is 33.3 Å². The number of aryl methyl sites for hydroxylation is 2. The molecule has 0 radical (unpaired) electrons. The lowest BCUT2D eigenvalue weighted by Gasteiger charge is -2.36. The molecular formula is C39H49F3N6O9S. The SMILES string of the molecule is COc1ccc2nc(C)c3c(c2n1)CC[C@]1(C[C@H]2C(=O)N[C@]4(C(=O)NS(=O)(=O)C5(C)CC5)C[C@H]4/C=C\CCCCC[C@H](NC(=O)OC(C)(C)C(F)(F)F)C(=O)N2C1)O3. The normalized spacial score (nSPS) is 29.0. The monoisotopic (exact) mass is 834 g/mol. The van der Waals surface area contributed by atoms with Crippen LogP contribution in [0.25, 0.3) is 11.0 Å². The molecule has 2 saturated carbocycles. The fraction of sp³-hybridized carbons (Fsp3) is 0.641. The number of sulfonamides is 1. The molecule has 4 amide bonds. The molecule has 58 heavy (non-hydrogen) atoms. The van der Waals surface area contributed by atoms with Crippen LogP contribution in [0, 0.1) is 12.8 Å². The van der Waals surface area contributed by atoms with Gasteiger partial charge in [0.1, 0.15) is 29.0 Å². The van der Waals surface area contributed by atoms with Gasteiger partial charge < -0.3 is 29.7 Å². The van der Waals surface area contributed by atoms with E-state index in [0.29, 0.717) is 93.6 Å². The number of alkyl halides is 3. The number of hydrogen-bond acceptors (Lipinski definition) is 11. The van der Waals surface area contributed by atoms with Gasteiger partial charge in [-0.2, -0.15) is 13.2 Å². The molecule has 316 valence electrons. The average Bonchev–Trinajstić information content (AvgIpc) is 4.04. The Morgan fingerprint density at radius 3 is 2.50 bits per heavy atom. The zero-order chi connectivity index (χ0) is 42.1. The van der Waals surface area contributed by atoms with E-state index in [2.05, 4.69) is 25.3 Å². The number of allylic oxidation sites excluding steroid dienone is 1. The fourth-order valence-electron chi connectivity index (χ4n) is 8.11. The van der Waals surface area contributed by atoms with Crippen molar-refractivity contribution >= 4 is 44.9 Å². The number of pyridine rings is 2. The van der Waals surface area contributed by atoms with Gasteiger partial charge in [-0.15, -0.1) is 0 Å². The van der Waals surface area contributed by atoms with Crippen molar-refractivity contribution in [3.8, 4) is 11.6 Å². The van der Waals surface area contributed by atoms with Crippen LogP contribution in [0.5, 0.6) is 11.6 Å². The lowest BCUT2D eigenvalue weighted by Crippen LogP contribution is -2.59. The number of carbonyl (C=O) groups excluding carboxylic acids is 4. The van der Waals surface area contributed by atoms with Crippen molar-refractivity contribution in [2.75, 3.05) is 13.7 Å². The number of halogens is 3. The summed E-state index contributed by atoms with van der Waals surface area (Å²) < 4.78 is 85.4. The molecule has 0 unspecified atom stereocenters. The maximum atomic E-state index is 14.7. The summed E-state index contributed by atoms with van der Waals surface area (Å²) in [5, 5.41) is 5.18. The third-order valence-corrected chi connectivity index (χ3v) is 14.5. The van der Waals surface area contributed by atoms with E-state index >= 15 is 0 Å². The second-order valence-corrected chi connectivity index (χ2v) is 19.2. The van der Waals surface area contributed by atoms with E-state index in [1.54, 1.807) is 32.1 Å². The van der Waals surface area contributed by atoms with Crippen LogP contribution in [-0.4, -0.2) is 101 Å². The van der Waals surface area contributed by atoms with Crippen molar-refractivity contribution in [1.82, 2.24) is 30.2 Å². The summed E-state index contributed by atoms with van der Waals surface area (Å²) in [6, 6.07) is 0.784. The Morgan fingerprint density at radius 1 is 1.07 bits per heavy atom. The van der Waals surface area contributed by atoms with Gasteiger partial charge in [0.25, 0.3) is 5.91 Å². The number of hydrogen-bond donors (Lipinski definition) is 3. The number of fused-ring (bicyclic) bond motifs is 5. The minimum Gasteiger partial charge on any atom is -0.483 e. The first-order chi connectivity index (χ1) is 27.1. The number of aromatic nitrogens is 2. The van der Waals surface area contributed by atoms with Gasteiger partial charge in [0.15, 0.2) is 0 Å². The highest BCUT2D eigenvalue weighted by molar-refractivity contribution is 7.91. The summed E-state index contributed by atoms with van der Waals surface area (Å²) >= 11 is 0. The van der Waals surface area contributed by atoms with Crippen LogP contribution in [0.2, 0.25) is 0 Å². The average molecular weight is 835 g/mol. The molecule has 0 aromatic carbocycles. The van der Waals surface area contributed by atoms with Crippen LogP contribution in [0.3, 0.4) is 0 Å². The maximum Gasteiger partial charge on any atom is 0.427 e. The topological polar surface area (TPSA) is 195 Å². The molecule has 1 saturated heterocycles. The minimum atomic E-state index is -4.90. The van der Waals surface area contributed by atoms with Crippen LogP contribution >= 0.6 is 0 Å². The first kappa shape index (κ1) is 41.5. The summed E-state index contributed by atoms with van der Waals surface area (Å²) in [6.07, 6.45) is 1.00. The third-order valence-electron chi connectivity index (χ3n) is 12.3. The molecule has 15 nitrogen and oxygen atoms in total. The molecule has 2 aliphatic carbocycles. The van der Waals surface area contributed by atoms with Crippen LogP contribution in [0.15, 0.2) is 24.3 Å². The zero-order valence-electron chi connectivity index (χ0n) is 33.1. The Bertz CT molecular complexity index is 2180.